The normalized spacial score (nSPS) is 31.7. The van der Waals surface area contributed by atoms with Crippen LogP contribution in [0.2, 0.25) is 0 Å². The fraction of sp³-hybridized carbons (Fsp3) is 0.550. The number of rotatable bonds is 11. The fourth-order valence-electron chi connectivity index (χ4n) is 9.29. The van der Waals surface area contributed by atoms with Crippen LogP contribution in [0.5, 0.6) is 17.2 Å². The van der Waals surface area contributed by atoms with Gasteiger partial charge in [0.05, 0.1) is 54.4 Å². The lowest BCUT2D eigenvalue weighted by Gasteiger charge is -2.43. The number of aliphatic hydroxyl groups is 1. The Labute approximate surface area is 336 Å². The predicted octanol–water partition coefficient (Wildman–Crippen LogP) is 1.56. The standard InChI is InChI=1S/C40H44N2O15S/c1-17-36-21(41-10-11-54-39(53-3)38(41)57-36)12-27(55-17)56-23-15-40(51,25(44)9-8-18(43)16-42-26(45)13-24(58-4)37(42)50)14-20-29(23)35(49)31-30(33(20)47)32(46)19-6-5-7-22(52-2)28(19)34(31)48/h5-7,17,21,23-24,27,36,38-39,47,49,51H,8-16H2,1-4H3/t17-,21-,23-,24?,27-,36+,38+,39-,40-/m0/s1. The summed E-state index contributed by atoms with van der Waals surface area (Å²) in [6.45, 7) is 2.21. The van der Waals surface area contributed by atoms with Crippen LogP contribution in [0.3, 0.4) is 0 Å². The van der Waals surface area contributed by atoms with Gasteiger partial charge in [0, 0.05) is 74.9 Å². The Kier molecular flexibility index (Phi) is 10.8. The zero-order chi connectivity index (χ0) is 41.4. The topological polar surface area (TPSA) is 225 Å². The number of amides is 2. The number of benzene rings is 2. The maximum atomic E-state index is 14.1. The van der Waals surface area contributed by atoms with Gasteiger partial charge >= 0.3 is 0 Å². The monoisotopic (exact) mass is 824 g/mol. The van der Waals surface area contributed by atoms with Crippen molar-refractivity contribution in [1.29, 1.82) is 0 Å². The number of phenols is 2. The number of hydrogen-bond donors (Lipinski definition) is 3. The second-order valence-electron chi connectivity index (χ2n) is 15.4. The SMILES string of the molecule is COc1cccc2c1C(=O)c1c(O)c3c(c(O)c1C2=O)C[C@@](O)(C(=O)CCC(=O)CN1C(=O)CC(SC)C1=O)C[C@@H]3O[C@H]1C[C@H]2[C@H](O[C@@H]3[C@@H](OC)OCCN32)[C@H](C)O1. The first-order valence-corrected chi connectivity index (χ1v) is 20.4. The molecule has 4 heterocycles. The minimum Gasteiger partial charge on any atom is -0.507 e. The Morgan fingerprint density at radius 1 is 1.02 bits per heavy atom. The zero-order valence-corrected chi connectivity index (χ0v) is 33.1. The van der Waals surface area contributed by atoms with E-state index < -0.39 is 132 Å². The van der Waals surface area contributed by atoms with Gasteiger partial charge in [0.15, 0.2) is 36.2 Å². The molecule has 0 radical (unpaired) electrons. The second kappa shape index (κ2) is 15.4. The molecule has 2 amide bonds. The van der Waals surface area contributed by atoms with Crippen LogP contribution in [0.1, 0.15) is 88.1 Å². The molecule has 4 aliphatic heterocycles. The molecule has 4 fully saturated rings. The third-order valence-corrected chi connectivity index (χ3v) is 13.1. The summed E-state index contributed by atoms with van der Waals surface area (Å²) in [7, 11) is 2.85. The van der Waals surface area contributed by atoms with Gasteiger partial charge in [-0.2, -0.15) is 11.8 Å². The first-order chi connectivity index (χ1) is 27.7. The zero-order valence-electron chi connectivity index (χ0n) is 32.3. The number of phenolic OH excluding ortho intramolecular Hbond substituents is 2. The van der Waals surface area contributed by atoms with Crippen molar-refractivity contribution >= 4 is 46.7 Å². The average Bonchev–Trinajstić information content (AvgIpc) is 3.72. The van der Waals surface area contributed by atoms with Crippen LogP contribution in [0.15, 0.2) is 18.2 Å². The molecular weight excluding hydrogens is 781 g/mol. The number of methoxy groups -OCH3 is 2. The van der Waals surface area contributed by atoms with Gasteiger partial charge in [-0.25, -0.2) is 0 Å². The number of nitrogens with zero attached hydrogens (tertiary/aromatic N) is 2. The molecule has 6 aliphatic rings. The molecule has 0 bridgehead atoms. The lowest BCUT2D eigenvalue weighted by Crippen LogP contribution is -2.55. The molecule has 3 N–H and O–H groups in total. The maximum Gasteiger partial charge on any atom is 0.243 e. The van der Waals surface area contributed by atoms with E-state index in [4.69, 9.17) is 28.4 Å². The van der Waals surface area contributed by atoms with E-state index in [-0.39, 0.29) is 53.0 Å². The molecule has 1 unspecified atom stereocenters. The number of aromatic hydroxyl groups is 2. The van der Waals surface area contributed by atoms with Gasteiger partial charge in [-0.15, -0.1) is 0 Å². The predicted molar refractivity (Wildman–Crippen MR) is 199 cm³/mol. The number of morpholine rings is 1. The summed E-state index contributed by atoms with van der Waals surface area (Å²) in [5, 5.41) is 35.5. The number of carbonyl (C=O) groups is 6. The van der Waals surface area contributed by atoms with Crippen molar-refractivity contribution in [2.24, 2.45) is 0 Å². The summed E-state index contributed by atoms with van der Waals surface area (Å²) >= 11 is 1.20. The Balaban J connectivity index is 1.12. The van der Waals surface area contributed by atoms with Crippen LogP contribution in [0, 0.1) is 0 Å². The third-order valence-electron chi connectivity index (χ3n) is 12.2. The first kappa shape index (κ1) is 40.5. The summed E-state index contributed by atoms with van der Waals surface area (Å²) in [5.74, 6) is -5.25. The first-order valence-electron chi connectivity index (χ1n) is 19.1. The summed E-state index contributed by atoms with van der Waals surface area (Å²) < 4.78 is 35.8. The van der Waals surface area contributed by atoms with Crippen LogP contribution >= 0.6 is 11.8 Å². The second-order valence-corrected chi connectivity index (χ2v) is 16.4. The molecule has 2 aromatic carbocycles. The van der Waals surface area contributed by atoms with E-state index in [2.05, 4.69) is 4.90 Å². The van der Waals surface area contributed by atoms with Crippen molar-refractivity contribution in [3.63, 3.8) is 0 Å². The number of imide groups is 1. The summed E-state index contributed by atoms with van der Waals surface area (Å²) in [5.41, 5.74) is -3.78. The average molecular weight is 825 g/mol. The van der Waals surface area contributed by atoms with Crippen LogP contribution in [-0.2, 0) is 49.3 Å². The minimum absolute atomic E-state index is 0.0291. The van der Waals surface area contributed by atoms with E-state index in [0.717, 1.165) is 4.90 Å². The van der Waals surface area contributed by atoms with Crippen molar-refractivity contribution in [1.82, 2.24) is 9.80 Å². The largest absolute Gasteiger partial charge is 0.507 e. The molecule has 2 aliphatic carbocycles. The van der Waals surface area contributed by atoms with Gasteiger partial charge in [-0.05, 0) is 19.2 Å². The number of ketones is 4. The molecule has 17 nitrogen and oxygen atoms in total. The molecule has 310 valence electrons. The van der Waals surface area contributed by atoms with Gasteiger partial charge in [0.1, 0.15) is 29.0 Å². The molecule has 58 heavy (non-hydrogen) atoms. The fourth-order valence-corrected chi connectivity index (χ4v) is 9.92. The molecule has 0 spiro atoms. The highest BCUT2D eigenvalue weighted by Gasteiger charge is 2.55. The molecule has 8 rings (SSSR count). The Morgan fingerprint density at radius 3 is 2.48 bits per heavy atom. The van der Waals surface area contributed by atoms with E-state index >= 15 is 0 Å². The number of hydrogen-bond acceptors (Lipinski definition) is 17. The molecule has 0 saturated carbocycles. The van der Waals surface area contributed by atoms with E-state index in [0.29, 0.717) is 13.2 Å². The number of likely N-dealkylation sites (tertiary alicyclic amines) is 1. The highest BCUT2D eigenvalue weighted by atomic mass is 32.2. The number of carbonyl (C=O) groups excluding carboxylic acids is 6. The number of ether oxygens (including phenoxy) is 6. The highest BCUT2D eigenvalue weighted by molar-refractivity contribution is 8.00. The molecule has 18 heteroatoms. The van der Waals surface area contributed by atoms with Crippen molar-refractivity contribution < 1.29 is 72.5 Å². The van der Waals surface area contributed by atoms with Crippen molar-refractivity contribution in [3.8, 4) is 17.2 Å². The quantitative estimate of drug-likeness (QED) is 0.184. The van der Waals surface area contributed by atoms with Gasteiger partial charge in [0.25, 0.3) is 0 Å². The lowest BCUT2D eigenvalue weighted by atomic mass is 9.71. The maximum absolute atomic E-state index is 14.1. The van der Waals surface area contributed by atoms with Crippen molar-refractivity contribution in [2.75, 3.05) is 40.2 Å². The van der Waals surface area contributed by atoms with E-state index in [9.17, 15) is 44.1 Å². The molecule has 2 aromatic rings. The van der Waals surface area contributed by atoms with E-state index in [1.54, 1.807) is 13.2 Å². The third kappa shape index (κ3) is 6.53. The summed E-state index contributed by atoms with van der Waals surface area (Å²) in [4.78, 5) is 83.2. The number of thioether (sulfide) groups is 1. The van der Waals surface area contributed by atoms with Crippen LogP contribution in [-0.4, -0.2) is 148 Å². The Morgan fingerprint density at radius 2 is 1.78 bits per heavy atom. The summed E-state index contributed by atoms with van der Waals surface area (Å²) in [6.07, 6.45) is -4.60. The molecule has 9 atom stereocenters. The highest BCUT2D eigenvalue weighted by Crippen LogP contribution is 2.53. The molecular formula is C40H44N2O15S. The summed E-state index contributed by atoms with van der Waals surface area (Å²) in [6, 6.07) is 4.15. The van der Waals surface area contributed by atoms with Gasteiger partial charge in [-0.3, -0.25) is 38.6 Å². The molecule has 0 aromatic heterocycles. The van der Waals surface area contributed by atoms with Gasteiger partial charge in [0.2, 0.25) is 17.6 Å². The van der Waals surface area contributed by atoms with Crippen molar-refractivity contribution in [3.05, 3.63) is 51.6 Å². The number of Topliss-reactive ketones (excluding diaryl/α,β-unsaturated/α-hetero) is 2. The van der Waals surface area contributed by atoms with Crippen LogP contribution in [0.25, 0.3) is 0 Å². The van der Waals surface area contributed by atoms with Gasteiger partial charge < -0.3 is 43.7 Å². The Hall–Kier alpha value is -4.27. The van der Waals surface area contributed by atoms with E-state index in [1.807, 2.05) is 0 Å². The smallest absolute Gasteiger partial charge is 0.243 e. The van der Waals surface area contributed by atoms with Crippen LogP contribution < -0.4 is 4.74 Å². The van der Waals surface area contributed by atoms with E-state index in [1.165, 1.54) is 44.2 Å². The number of fused-ring (bicyclic) bond motifs is 6. The van der Waals surface area contributed by atoms with Crippen LogP contribution in [0.4, 0.5) is 0 Å². The Bertz CT molecular complexity index is 2110. The lowest BCUT2D eigenvalue weighted by molar-refractivity contribution is -0.256. The minimum atomic E-state index is -2.32. The van der Waals surface area contributed by atoms with Gasteiger partial charge in [-0.1, -0.05) is 12.1 Å². The van der Waals surface area contributed by atoms with Crippen molar-refractivity contribution in [2.45, 2.75) is 99.5 Å². The molecule has 4 saturated heterocycles.